The van der Waals surface area contributed by atoms with Crippen molar-refractivity contribution >= 4 is 29.7 Å². The Morgan fingerprint density at radius 1 is 0.769 bits per heavy atom. The van der Waals surface area contributed by atoms with Crippen molar-refractivity contribution in [1.82, 2.24) is 10.2 Å². The van der Waals surface area contributed by atoms with E-state index in [9.17, 15) is 19.2 Å². The van der Waals surface area contributed by atoms with Gasteiger partial charge in [-0.05, 0) is 23.8 Å². The predicted octanol–water partition coefficient (Wildman–Crippen LogP) is 2.64. The molecule has 4 rings (SSSR count). The Morgan fingerprint density at radius 2 is 1.35 bits per heavy atom. The van der Waals surface area contributed by atoms with Gasteiger partial charge in [0.2, 0.25) is 0 Å². The SMILES string of the molecule is C=CN1C(=O)c2ccccc2C1=O.C=Cc1cccc2c1C(=O)NC2=O. The third-order valence-corrected chi connectivity index (χ3v) is 4.02. The van der Waals surface area contributed by atoms with E-state index < -0.39 is 0 Å². The van der Waals surface area contributed by atoms with Crippen molar-refractivity contribution in [3.05, 3.63) is 89.6 Å². The number of imide groups is 2. The van der Waals surface area contributed by atoms with Crippen LogP contribution in [0.25, 0.3) is 6.08 Å². The molecule has 2 heterocycles. The van der Waals surface area contributed by atoms with E-state index in [1.165, 1.54) is 6.20 Å². The Hall–Kier alpha value is -3.80. The van der Waals surface area contributed by atoms with Gasteiger partial charge >= 0.3 is 0 Å². The van der Waals surface area contributed by atoms with Crippen LogP contribution >= 0.6 is 0 Å². The molecule has 0 saturated carbocycles. The first kappa shape index (κ1) is 17.0. The van der Waals surface area contributed by atoms with Crippen LogP contribution in [0.1, 0.15) is 47.0 Å². The summed E-state index contributed by atoms with van der Waals surface area (Å²) in [5, 5.41) is 2.23. The van der Waals surface area contributed by atoms with Crippen molar-refractivity contribution in [2.75, 3.05) is 0 Å². The van der Waals surface area contributed by atoms with Crippen molar-refractivity contribution in [1.29, 1.82) is 0 Å². The smallest absolute Gasteiger partial charge is 0.265 e. The van der Waals surface area contributed by atoms with Gasteiger partial charge in [0.25, 0.3) is 23.6 Å². The largest absolute Gasteiger partial charge is 0.288 e. The molecular formula is C20H14N2O4. The maximum absolute atomic E-state index is 11.5. The molecule has 2 aliphatic rings. The van der Waals surface area contributed by atoms with E-state index in [2.05, 4.69) is 18.5 Å². The Bertz CT molecular complexity index is 956. The van der Waals surface area contributed by atoms with Crippen LogP contribution in [0, 0.1) is 0 Å². The summed E-state index contributed by atoms with van der Waals surface area (Å²) in [7, 11) is 0. The predicted molar refractivity (Wildman–Crippen MR) is 95.5 cm³/mol. The Balaban J connectivity index is 0.000000151. The van der Waals surface area contributed by atoms with Crippen LogP contribution in [0.3, 0.4) is 0 Å². The zero-order chi connectivity index (χ0) is 18.8. The first-order valence-electron chi connectivity index (χ1n) is 7.70. The zero-order valence-corrected chi connectivity index (χ0v) is 13.7. The number of carbonyl (C=O) groups excluding carboxylic acids is 4. The summed E-state index contributed by atoms with van der Waals surface area (Å²) < 4.78 is 0. The third kappa shape index (κ3) is 2.63. The van der Waals surface area contributed by atoms with E-state index in [0.717, 1.165) is 4.90 Å². The number of rotatable bonds is 2. The second kappa shape index (κ2) is 6.60. The van der Waals surface area contributed by atoms with Gasteiger partial charge in [-0.25, -0.2) is 4.90 Å². The number of hydrogen-bond donors (Lipinski definition) is 1. The lowest BCUT2D eigenvalue weighted by atomic mass is 10.0. The minimum Gasteiger partial charge on any atom is -0.288 e. The lowest BCUT2D eigenvalue weighted by Crippen LogP contribution is -2.22. The molecule has 128 valence electrons. The second-order valence-corrected chi connectivity index (χ2v) is 5.47. The highest BCUT2D eigenvalue weighted by Gasteiger charge is 2.33. The minimum absolute atomic E-state index is 0.296. The van der Waals surface area contributed by atoms with E-state index in [4.69, 9.17) is 0 Å². The molecule has 0 unspecified atom stereocenters. The number of fused-ring (bicyclic) bond motifs is 2. The standard InChI is InChI=1S/2C10H7NO2/c1-2-11-9(12)7-5-3-4-6-8(7)10(11)13;1-2-6-4-3-5-7-8(6)10(13)11-9(7)12/h2-6H,1H2;2-5H,1H2,(H,11,12,13). The summed E-state index contributed by atoms with van der Waals surface area (Å²) in [5.74, 6) is -1.26. The molecule has 4 amide bonds. The first-order valence-corrected chi connectivity index (χ1v) is 7.70. The number of nitrogens with zero attached hydrogens (tertiary/aromatic N) is 1. The van der Waals surface area contributed by atoms with Crippen molar-refractivity contribution in [2.24, 2.45) is 0 Å². The molecule has 2 aliphatic heterocycles. The second-order valence-electron chi connectivity index (χ2n) is 5.47. The summed E-state index contributed by atoms with van der Waals surface area (Å²) in [4.78, 5) is 46.4. The monoisotopic (exact) mass is 346 g/mol. The quantitative estimate of drug-likeness (QED) is 0.848. The fraction of sp³-hybridized carbons (Fsp3) is 0. The number of benzene rings is 2. The Kier molecular flexibility index (Phi) is 4.33. The molecular weight excluding hydrogens is 332 g/mol. The van der Waals surface area contributed by atoms with Crippen molar-refractivity contribution in [2.45, 2.75) is 0 Å². The van der Waals surface area contributed by atoms with Crippen molar-refractivity contribution < 1.29 is 19.2 Å². The topological polar surface area (TPSA) is 83.6 Å². The molecule has 6 nitrogen and oxygen atoms in total. The highest BCUT2D eigenvalue weighted by molar-refractivity contribution is 6.23. The van der Waals surface area contributed by atoms with Crippen LogP contribution in [0.4, 0.5) is 0 Å². The van der Waals surface area contributed by atoms with Crippen LogP contribution in [0.5, 0.6) is 0 Å². The molecule has 0 atom stereocenters. The molecule has 6 heteroatoms. The maximum Gasteiger partial charge on any atom is 0.265 e. The van der Waals surface area contributed by atoms with Gasteiger partial charge in [0.1, 0.15) is 0 Å². The van der Waals surface area contributed by atoms with E-state index in [1.54, 1.807) is 48.5 Å². The zero-order valence-electron chi connectivity index (χ0n) is 13.7. The average molecular weight is 346 g/mol. The van der Waals surface area contributed by atoms with E-state index in [0.29, 0.717) is 27.8 Å². The Labute approximate surface area is 149 Å². The minimum atomic E-state index is -0.337. The molecule has 0 fully saturated rings. The molecule has 0 saturated heterocycles. The van der Waals surface area contributed by atoms with Gasteiger partial charge in [-0.1, -0.05) is 43.5 Å². The van der Waals surface area contributed by atoms with Gasteiger partial charge in [0, 0.05) is 6.20 Å². The average Bonchev–Trinajstić information content (AvgIpc) is 3.09. The number of nitrogens with one attached hydrogen (secondary N) is 1. The lowest BCUT2D eigenvalue weighted by Gasteiger charge is -2.04. The number of amides is 4. The molecule has 0 spiro atoms. The van der Waals surface area contributed by atoms with Crippen LogP contribution in [0.2, 0.25) is 0 Å². The summed E-state index contributed by atoms with van der Waals surface area (Å²) >= 11 is 0. The number of carbonyl (C=O) groups is 4. The first-order chi connectivity index (χ1) is 12.5. The van der Waals surface area contributed by atoms with Crippen LogP contribution in [0.15, 0.2) is 61.8 Å². The van der Waals surface area contributed by atoms with Gasteiger partial charge in [0.15, 0.2) is 0 Å². The number of hydrogen-bond acceptors (Lipinski definition) is 4. The van der Waals surface area contributed by atoms with Crippen molar-refractivity contribution in [3.63, 3.8) is 0 Å². The summed E-state index contributed by atoms with van der Waals surface area (Å²) in [6.07, 6.45) is 2.81. The molecule has 0 bridgehead atoms. The molecule has 0 radical (unpaired) electrons. The normalized spacial score (nSPS) is 14.2. The van der Waals surface area contributed by atoms with Gasteiger partial charge < -0.3 is 0 Å². The van der Waals surface area contributed by atoms with Gasteiger partial charge in [0.05, 0.1) is 22.3 Å². The lowest BCUT2D eigenvalue weighted by molar-refractivity contribution is 0.0720. The fourth-order valence-corrected chi connectivity index (χ4v) is 2.79. The highest BCUT2D eigenvalue weighted by Crippen LogP contribution is 2.22. The van der Waals surface area contributed by atoms with E-state index in [1.807, 2.05) is 0 Å². The summed E-state index contributed by atoms with van der Waals surface area (Å²) in [6.45, 7) is 6.99. The summed E-state index contributed by atoms with van der Waals surface area (Å²) in [5.41, 5.74) is 2.46. The van der Waals surface area contributed by atoms with Crippen LogP contribution in [-0.2, 0) is 0 Å². The van der Waals surface area contributed by atoms with Gasteiger partial charge in [-0.2, -0.15) is 0 Å². The third-order valence-electron chi connectivity index (χ3n) is 4.02. The molecule has 2 aromatic carbocycles. The summed E-state index contributed by atoms with van der Waals surface area (Å²) in [6, 6.07) is 11.9. The maximum atomic E-state index is 11.5. The van der Waals surface area contributed by atoms with E-state index in [-0.39, 0.29) is 23.6 Å². The fourth-order valence-electron chi connectivity index (χ4n) is 2.79. The van der Waals surface area contributed by atoms with Gasteiger partial charge in [-0.3, -0.25) is 24.5 Å². The van der Waals surface area contributed by atoms with Crippen LogP contribution in [-0.4, -0.2) is 28.5 Å². The molecule has 1 N–H and O–H groups in total. The molecule has 2 aromatic rings. The molecule has 0 aliphatic carbocycles. The van der Waals surface area contributed by atoms with Crippen LogP contribution < -0.4 is 5.32 Å². The van der Waals surface area contributed by atoms with E-state index >= 15 is 0 Å². The Morgan fingerprint density at radius 3 is 1.88 bits per heavy atom. The van der Waals surface area contributed by atoms with Crippen molar-refractivity contribution in [3.8, 4) is 0 Å². The van der Waals surface area contributed by atoms with Gasteiger partial charge in [-0.15, -0.1) is 0 Å². The molecule has 26 heavy (non-hydrogen) atoms. The molecule has 0 aromatic heterocycles. The highest BCUT2D eigenvalue weighted by atomic mass is 16.2.